The summed E-state index contributed by atoms with van der Waals surface area (Å²) in [6.45, 7) is 9.33. The molecule has 0 spiro atoms. The summed E-state index contributed by atoms with van der Waals surface area (Å²) in [6.07, 6.45) is 1.91. The maximum absolute atomic E-state index is 5.76. The average molecular weight is 297 g/mol. The van der Waals surface area contributed by atoms with E-state index >= 15 is 0 Å². The fourth-order valence-electron chi connectivity index (χ4n) is 1.66. The van der Waals surface area contributed by atoms with Crippen LogP contribution in [-0.2, 0) is 18.0 Å². The number of thiol groups is 1. The van der Waals surface area contributed by atoms with Gasteiger partial charge in [0, 0.05) is 39.1 Å². The number of hydrogen-bond donors (Lipinski definition) is 1. The lowest BCUT2D eigenvalue weighted by molar-refractivity contribution is 0.0660. The molecule has 0 saturated carbocycles. The Morgan fingerprint density at radius 3 is 1.78 bits per heavy atom. The molecule has 0 unspecified atom stereocenters. The molecule has 0 radical (unpaired) electrons. The average Bonchev–Trinajstić information content (AvgIpc) is 2.35. The second kappa shape index (κ2) is 12.4. The van der Waals surface area contributed by atoms with Gasteiger partial charge in [-0.2, -0.15) is 12.6 Å². The second-order valence-corrected chi connectivity index (χ2v) is 6.95. The van der Waals surface area contributed by atoms with Gasteiger partial charge in [-0.1, -0.05) is 0 Å². The van der Waals surface area contributed by atoms with Crippen molar-refractivity contribution in [1.82, 2.24) is 0 Å². The summed E-state index contributed by atoms with van der Waals surface area (Å²) in [6, 6.07) is 0.823. The van der Waals surface area contributed by atoms with Gasteiger partial charge in [-0.25, -0.2) is 0 Å². The second-order valence-electron chi connectivity index (χ2n) is 3.78. The van der Waals surface area contributed by atoms with Crippen LogP contribution in [0.25, 0.3) is 0 Å². The van der Waals surface area contributed by atoms with Crippen LogP contribution in [0, 0.1) is 0 Å². The van der Waals surface area contributed by atoms with Crippen LogP contribution in [0.1, 0.15) is 33.6 Å². The van der Waals surface area contributed by atoms with Crippen LogP contribution in [-0.4, -0.2) is 47.6 Å². The zero-order chi connectivity index (χ0) is 13.7. The van der Waals surface area contributed by atoms with Crippen molar-refractivity contribution in [2.24, 2.45) is 0 Å². The van der Waals surface area contributed by atoms with Crippen molar-refractivity contribution in [1.29, 1.82) is 0 Å². The lowest BCUT2D eigenvalue weighted by Crippen LogP contribution is -2.46. The molecule has 0 N–H and O–H groups in total. The molecule has 0 aliphatic rings. The first-order valence-corrected chi connectivity index (χ1v) is 9.41. The summed E-state index contributed by atoms with van der Waals surface area (Å²) < 4.78 is 22.8. The standard InChI is InChI=1S/C12H28O4SSi/c1-4-14-18(15-5-2,16-6-3)12-8-10-13-9-7-11-17/h17H,4-12H2,1-3H3. The first kappa shape index (κ1) is 18.4. The molecule has 6 heteroatoms. The molecule has 0 amide bonds. The highest BCUT2D eigenvalue weighted by atomic mass is 32.1. The minimum absolute atomic E-state index is 0.632. The Labute approximate surface area is 118 Å². The van der Waals surface area contributed by atoms with E-state index in [1.54, 1.807) is 0 Å². The molecule has 0 aliphatic carbocycles. The summed E-state index contributed by atoms with van der Waals surface area (Å²) >= 11 is 4.14. The lowest BCUT2D eigenvalue weighted by atomic mass is 10.5. The largest absolute Gasteiger partial charge is 0.501 e. The summed E-state index contributed by atoms with van der Waals surface area (Å²) in [7, 11) is -2.46. The molecule has 0 heterocycles. The van der Waals surface area contributed by atoms with Crippen LogP contribution in [0.2, 0.25) is 6.04 Å². The van der Waals surface area contributed by atoms with Gasteiger partial charge in [0.25, 0.3) is 0 Å². The van der Waals surface area contributed by atoms with Crippen molar-refractivity contribution < 1.29 is 18.0 Å². The number of rotatable bonds is 13. The molecule has 0 aromatic carbocycles. The molecule has 0 fully saturated rings. The molecular weight excluding hydrogens is 268 g/mol. The normalized spacial score (nSPS) is 12.0. The Balaban J connectivity index is 3.97. The van der Waals surface area contributed by atoms with E-state index in [0.29, 0.717) is 19.8 Å². The topological polar surface area (TPSA) is 36.9 Å². The molecule has 0 aliphatic heterocycles. The predicted octanol–water partition coefficient (Wildman–Crippen LogP) is 2.76. The van der Waals surface area contributed by atoms with Gasteiger partial charge < -0.3 is 18.0 Å². The highest BCUT2D eigenvalue weighted by Gasteiger charge is 2.39. The van der Waals surface area contributed by atoms with Gasteiger partial charge in [0.1, 0.15) is 0 Å². The summed E-state index contributed by atoms with van der Waals surface area (Å²) in [5, 5.41) is 0. The smallest absolute Gasteiger partial charge is 0.381 e. The first-order chi connectivity index (χ1) is 8.74. The molecule has 0 saturated heterocycles. The molecule has 18 heavy (non-hydrogen) atoms. The zero-order valence-corrected chi connectivity index (χ0v) is 13.8. The third-order valence-electron chi connectivity index (χ3n) is 2.31. The van der Waals surface area contributed by atoms with E-state index in [1.807, 2.05) is 20.8 Å². The van der Waals surface area contributed by atoms with Gasteiger partial charge >= 0.3 is 8.80 Å². The van der Waals surface area contributed by atoms with Crippen molar-refractivity contribution in [2.75, 3.05) is 38.8 Å². The fraction of sp³-hybridized carbons (Fsp3) is 1.00. The maximum Gasteiger partial charge on any atom is 0.501 e. The fourth-order valence-corrected chi connectivity index (χ4v) is 4.37. The lowest BCUT2D eigenvalue weighted by Gasteiger charge is -2.28. The minimum Gasteiger partial charge on any atom is -0.381 e. The summed E-state index contributed by atoms with van der Waals surface area (Å²) in [5.74, 6) is 0.871. The van der Waals surface area contributed by atoms with E-state index in [1.165, 1.54) is 0 Å². The molecule has 4 nitrogen and oxygen atoms in total. The number of hydrogen-bond acceptors (Lipinski definition) is 5. The quantitative estimate of drug-likeness (QED) is 0.322. The van der Waals surface area contributed by atoms with Crippen molar-refractivity contribution >= 4 is 21.4 Å². The van der Waals surface area contributed by atoms with Crippen LogP contribution < -0.4 is 0 Å². The Bertz CT molecular complexity index is 166. The van der Waals surface area contributed by atoms with E-state index < -0.39 is 8.80 Å². The summed E-state index contributed by atoms with van der Waals surface area (Å²) in [5.41, 5.74) is 0. The van der Waals surface area contributed by atoms with Crippen LogP contribution in [0.4, 0.5) is 0 Å². The van der Waals surface area contributed by atoms with E-state index in [2.05, 4.69) is 12.6 Å². The van der Waals surface area contributed by atoms with Crippen LogP contribution in [0.3, 0.4) is 0 Å². The minimum atomic E-state index is -2.46. The molecular formula is C12H28O4SSi. The van der Waals surface area contributed by atoms with Gasteiger partial charge in [-0.15, -0.1) is 0 Å². The monoisotopic (exact) mass is 296 g/mol. The highest BCUT2D eigenvalue weighted by Crippen LogP contribution is 2.18. The Kier molecular flexibility index (Phi) is 12.7. The Morgan fingerprint density at radius 2 is 1.33 bits per heavy atom. The molecule has 110 valence electrons. The van der Waals surface area contributed by atoms with E-state index in [0.717, 1.165) is 37.9 Å². The maximum atomic E-state index is 5.76. The van der Waals surface area contributed by atoms with Gasteiger partial charge in [-0.05, 0) is 39.4 Å². The van der Waals surface area contributed by atoms with Crippen molar-refractivity contribution in [3.63, 3.8) is 0 Å². The van der Waals surface area contributed by atoms with E-state index in [4.69, 9.17) is 18.0 Å². The third kappa shape index (κ3) is 8.50. The van der Waals surface area contributed by atoms with Crippen molar-refractivity contribution in [3.8, 4) is 0 Å². The van der Waals surface area contributed by atoms with Crippen LogP contribution in [0.15, 0.2) is 0 Å². The van der Waals surface area contributed by atoms with Gasteiger partial charge in [0.15, 0.2) is 0 Å². The Morgan fingerprint density at radius 1 is 0.833 bits per heavy atom. The summed E-state index contributed by atoms with van der Waals surface area (Å²) in [4.78, 5) is 0. The predicted molar refractivity (Wildman–Crippen MR) is 79.3 cm³/mol. The number of ether oxygens (including phenoxy) is 1. The van der Waals surface area contributed by atoms with E-state index in [9.17, 15) is 0 Å². The Hall–Kier alpha value is 0.407. The SMILES string of the molecule is CCO[Si](CCCOCCCS)(OCC)OCC. The third-order valence-corrected chi connectivity index (χ3v) is 5.78. The van der Waals surface area contributed by atoms with Crippen LogP contribution in [0.5, 0.6) is 0 Å². The molecule has 0 aromatic heterocycles. The van der Waals surface area contributed by atoms with Crippen molar-refractivity contribution in [2.45, 2.75) is 39.7 Å². The molecule has 0 aromatic rings. The zero-order valence-electron chi connectivity index (χ0n) is 11.9. The first-order valence-electron chi connectivity index (χ1n) is 6.85. The highest BCUT2D eigenvalue weighted by molar-refractivity contribution is 7.80. The van der Waals surface area contributed by atoms with Gasteiger partial charge in [-0.3, -0.25) is 0 Å². The molecule has 0 bridgehead atoms. The van der Waals surface area contributed by atoms with Crippen LogP contribution >= 0.6 is 12.6 Å². The molecule has 0 rings (SSSR count). The van der Waals surface area contributed by atoms with E-state index in [-0.39, 0.29) is 0 Å². The van der Waals surface area contributed by atoms with Crippen molar-refractivity contribution in [3.05, 3.63) is 0 Å². The van der Waals surface area contributed by atoms with Gasteiger partial charge in [0.05, 0.1) is 0 Å². The van der Waals surface area contributed by atoms with Gasteiger partial charge in [0.2, 0.25) is 0 Å². The molecule has 0 atom stereocenters.